The van der Waals surface area contributed by atoms with Gasteiger partial charge in [0, 0.05) is 0 Å². The lowest BCUT2D eigenvalue weighted by Gasteiger charge is -2.46. The molecular weight excluding hydrogens is 500 g/mol. The number of hydrogen-bond acceptors (Lipinski definition) is 14. The van der Waals surface area contributed by atoms with Crippen LogP contribution in [0.5, 0.6) is 11.5 Å². The lowest BCUT2D eigenvalue weighted by molar-refractivity contribution is -0.367. The molecule has 37 heavy (non-hydrogen) atoms. The minimum absolute atomic E-state index is 0.248. The standard InChI is InChI=1S/C23H34O14/c1-9-14(26)19(36-21-17(29)15(27)12(24)7-32-21)18(30)22(34-9)37-20-16(28)13(25)8-33-23(20)35-11-5-3-10(31-2)4-6-11/h3-6,9,12-30H,7-8H2,1-2H3/t9-,12+,13-,14-,15-,16-,17+,18+,19+,20+,21-,22-,23-/m0/s1. The summed E-state index contributed by atoms with van der Waals surface area (Å²) in [4.78, 5) is 0. The van der Waals surface area contributed by atoms with Crippen LogP contribution in [0.4, 0.5) is 0 Å². The highest BCUT2D eigenvalue weighted by Crippen LogP contribution is 2.31. The molecule has 14 heteroatoms. The van der Waals surface area contributed by atoms with Crippen LogP contribution in [-0.2, 0) is 23.7 Å². The zero-order chi connectivity index (χ0) is 26.9. The van der Waals surface area contributed by atoms with Crippen molar-refractivity contribution >= 4 is 0 Å². The van der Waals surface area contributed by atoms with Crippen LogP contribution in [0.1, 0.15) is 6.92 Å². The van der Waals surface area contributed by atoms with Crippen LogP contribution in [0, 0.1) is 0 Å². The summed E-state index contributed by atoms with van der Waals surface area (Å²) >= 11 is 0. The SMILES string of the molecule is COc1ccc(O[C@@H]2OC[C@H](O)[C@H](O)[C@H]2O[C@@H]2O[C@@H](C)[C@H](O)[C@@H](O[C@@H]3OC[C@@H](O)[C@H](O)[C@H]3O)[C@H]2O)cc1. The van der Waals surface area contributed by atoms with E-state index in [9.17, 15) is 35.7 Å². The fraction of sp³-hybridized carbons (Fsp3) is 0.739. The number of hydrogen-bond donors (Lipinski definition) is 7. The van der Waals surface area contributed by atoms with Crippen molar-refractivity contribution in [2.24, 2.45) is 0 Å². The van der Waals surface area contributed by atoms with Crippen molar-refractivity contribution in [1.82, 2.24) is 0 Å². The fourth-order valence-electron chi connectivity index (χ4n) is 4.28. The van der Waals surface area contributed by atoms with E-state index in [4.69, 9.17) is 33.2 Å². The highest BCUT2D eigenvalue weighted by atomic mass is 16.8. The molecule has 3 fully saturated rings. The Hall–Kier alpha value is -1.66. The fourth-order valence-corrected chi connectivity index (χ4v) is 4.28. The molecule has 0 saturated carbocycles. The van der Waals surface area contributed by atoms with Gasteiger partial charge < -0.3 is 68.9 Å². The number of aliphatic hydroxyl groups is 7. The summed E-state index contributed by atoms with van der Waals surface area (Å²) in [5.74, 6) is 0.939. The zero-order valence-electron chi connectivity index (χ0n) is 20.2. The van der Waals surface area contributed by atoms with Crippen LogP contribution >= 0.6 is 0 Å². The van der Waals surface area contributed by atoms with Crippen LogP contribution in [-0.4, -0.2) is 136 Å². The third-order valence-corrected chi connectivity index (χ3v) is 6.56. The van der Waals surface area contributed by atoms with Crippen molar-refractivity contribution in [2.45, 2.75) is 86.8 Å². The molecule has 3 saturated heterocycles. The maximum absolute atomic E-state index is 10.9. The van der Waals surface area contributed by atoms with Gasteiger partial charge in [-0.25, -0.2) is 0 Å². The van der Waals surface area contributed by atoms with Crippen LogP contribution in [0.3, 0.4) is 0 Å². The summed E-state index contributed by atoms with van der Waals surface area (Å²) in [5, 5.41) is 72.1. The van der Waals surface area contributed by atoms with Crippen LogP contribution in [0.15, 0.2) is 24.3 Å². The molecule has 1 aromatic rings. The van der Waals surface area contributed by atoms with Gasteiger partial charge in [-0.3, -0.25) is 0 Å². The molecule has 13 atom stereocenters. The maximum Gasteiger partial charge on any atom is 0.229 e. The summed E-state index contributed by atoms with van der Waals surface area (Å²) in [6.07, 6.45) is -18.4. The Labute approximate surface area is 212 Å². The molecule has 0 unspecified atom stereocenters. The van der Waals surface area contributed by atoms with Gasteiger partial charge in [0.1, 0.15) is 60.3 Å². The number of methoxy groups -OCH3 is 1. The Kier molecular flexibility index (Phi) is 9.21. The monoisotopic (exact) mass is 534 g/mol. The van der Waals surface area contributed by atoms with Crippen molar-refractivity contribution in [3.63, 3.8) is 0 Å². The topological polar surface area (TPSA) is 206 Å². The van der Waals surface area contributed by atoms with E-state index in [0.29, 0.717) is 11.5 Å². The molecule has 210 valence electrons. The van der Waals surface area contributed by atoms with E-state index in [1.165, 1.54) is 14.0 Å². The van der Waals surface area contributed by atoms with E-state index in [1.807, 2.05) is 0 Å². The van der Waals surface area contributed by atoms with Gasteiger partial charge in [0.05, 0.1) is 26.4 Å². The number of benzene rings is 1. The highest BCUT2D eigenvalue weighted by molar-refractivity contribution is 5.31. The van der Waals surface area contributed by atoms with Crippen LogP contribution in [0.25, 0.3) is 0 Å². The van der Waals surface area contributed by atoms with Gasteiger partial charge in [0.25, 0.3) is 0 Å². The Bertz CT molecular complexity index is 856. The molecule has 3 heterocycles. The Morgan fingerprint density at radius 1 is 0.649 bits per heavy atom. The maximum atomic E-state index is 10.9. The second-order valence-electron chi connectivity index (χ2n) is 9.20. The molecule has 0 bridgehead atoms. The number of aliphatic hydroxyl groups excluding tert-OH is 7. The van der Waals surface area contributed by atoms with Gasteiger partial charge in [-0.05, 0) is 31.2 Å². The van der Waals surface area contributed by atoms with E-state index in [-0.39, 0.29) is 13.2 Å². The highest BCUT2D eigenvalue weighted by Gasteiger charge is 2.51. The molecule has 3 aliphatic heterocycles. The third-order valence-electron chi connectivity index (χ3n) is 6.56. The van der Waals surface area contributed by atoms with Gasteiger partial charge in [-0.15, -0.1) is 0 Å². The van der Waals surface area contributed by atoms with E-state index in [0.717, 1.165) is 0 Å². The van der Waals surface area contributed by atoms with Crippen molar-refractivity contribution in [1.29, 1.82) is 0 Å². The summed E-state index contributed by atoms with van der Waals surface area (Å²) < 4.78 is 38.7. The molecule has 14 nitrogen and oxygen atoms in total. The predicted molar refractivity (Wildman–Crippen MR) is 119 cm³/mol. The Morgan fingerprint density at radius 2 is 1.22 bits per heavy atom. The van der Waals surface area contributed by atoms with Crippen LogP contribution < -0.4 is 9.47 Å². The van der Waals surface area contributed by atoms with E-state index in [2.05, 4.69) is 0 Å². The second kappa shape index (κ2) is 12.0. The summed E-state index contributed by atoms with van der Waals surface area (Å²) in [7, 11) is 1.51. The Balaban J connectivity index is 1.48. The third kappa shape index (κ3) is 6.16. The van der Waals surface area contributed by atoms with Crippen LogP contribution in [0.2, 0.25) is 0 Å². The normalized spacial score (nSPS) is 44.8. The Morgan fingerprint density at radius 3 is 1.86 bits per heavy atom. The zero-order valence-corrected chi connectivity index (χ0v) is 20.2. The lowest BCUT2D eigenvalue weighted by atomic mass is 9.98. The molecule has 4 rings (SSSR count). The average molecular weight is 535 g/mol. The first-order valence-electron chi connectivity index (χ1n) is 11.9. The van der Waals surface area contributed by atoms with E-state index >= 15 is 0 Å². The number of rotatable bonds is 7. The average Bonchev–Trinajstić information content (AvgIpc) is 2.89. The molecule has 0 amide bonds. The molecule has 0 radical (unpaired) electrons. The van der Waals surface area contributed by atoms with Crippen molar-refractivity contribution in [3.05, 3.63) is 24.3 Å². The summed E-state index contributed by atoms with van der Waals surface area (Å²) in [5.41, 5.74) is 0. The molecule has 7 N–H and O–H groups in total. The van der Waals surface area contributed by atoms with E-state index < -0.39 is 79.9 Å². The van der Waals surface area contributed by atoms with Gasteiger partial charge in [-0.1, -0.05) is 0 Å². The molecule has 3 aliphatic rings. The first kappa shape index (κ1) is 28.4. The first-order valence-corrected chi connectivity index (χ1v) is 11.9. The van der Waals surface area contributed by atoms with E-state index in [1.54, 1.807) is 24.3 Å². The van der Waals surface area contributed by atoms with Gasteiger partial charge in [-0.2, -0.15) is 0 Å². The smallest absolute Gasteiger partial charge is 0.229 e. The predicted octanol–water partition coefficient (Wildman–Crippen LogP) is -3.17. The van der Waals surface area contributed by atoms with Crippen molar-refractivity contribution < 1.29 is 68.9 Å². The second-order valence-corrected chi connectivity index (χ2v) is 9.20. The minimum Gasteiger partial charge on any atom is -0.497 e. The van der Waals surface area contributed by atoms with Gasteiger partial charge in [0.15, 0.2) is 18.7 Å². The summed E-state index contributed by atoms with van der Waals surface area (Å²) in [6.45, 7) is 0.886. The molecular formula is C23H34O14. The minimum atomic E-state index is -1.68. The first-order chi connectivity index (χ1) is 17.6. The molecule has 1 aromatic carbocycles. The van der Waals surface area contributed by atoms with Crippen molar-refractivity contribution in [3.8, 4) is 11.5 Å². The molecule has 0 aromatic heterocycles. The quantitative estimate of drug-likeness (QED) is 0.184. The summed E-state index contributed by atoms with van der Waals surface area (Å²) in [6, 6.07) is 6.50. The van der Waals surface area contributed by atoms with Gasteiger partial charge in [0.2, 0.25) is 6.29 Å². The molecule has 0 aliphatic carbocycles. The number of ether oxygens (including phenoxy) is 7. The lowest BCUT2D eigenvalue weighted by Crippen LogP contribution is -2.64. The van der Waals surface area contributed by atoms with Crippen molar-refractivity contribution in [2.75, 3.05) is 20.3 Å². The largest absolute Gasteiger partial charge is 0.497 e. The molecule has 0 spiro atoms. The van der Waals surface area contributed by atoms with Gasteiger partial charge >= 0.3 is 0 Å².